The van der Waals surface area contributed by atoms with Gasteiger partial charge in [-0.15, -0.1) is 0 Å². The zero-order valence-electron chi connectivity index (χ0n) is 10.3. The second kappa shape index (κ2) is 4.43. The highest BCUT2D eigenvalue weighted by Crippen LogP contribution is 2.49. The van der Waals surface area contributed by atoms with Crippen LogP contribution in [0, 0.1) is 8.99 Å². The van der Waals surface area contributed by atoms with E-state index in [1.54, 1.807) is 11.1 Å². The summed E-state index contributed by atoms with van der Waals surface area (Å²) in [5, 5.41) is 0. The number of aromatic nitrogens is 1. The van der Waals surface area contributed by atoms with Gasteiger partial charge in [0.1, 0.15) is 11.2 Å². The Kier molecular flexibility index (Phi) is 2.99. The molecule has 0 spiro atoms. The average molecular weight is 371 g/mol. The SMILES string of the molecule is NC(=O)C1(C(=O)N(c2ccc(I)cn2)C2CC2)CC1. The van der Waals surface area contributed by atoms with Crippen LogP contribution in [0.4, 0.5) is 5.82 Å². The van der Waals surface area contributed by atoms with E-state index in [2.05, 4.69) is 27.6 Å². The number of carbonyl (C=O) groups is 2. The zero-order chi connectivity index (χ0) is 13.6. The van der Waals surface area contributed by atoms with Gasteiger partial charge in [0.15, 0.2) is 0 Å². The van der Waals surface area contributed by atoms with E-state index in [9.17, 15) is 9.59 Å². The predicted molar refractivity (Wildman–Crippen MR) is 78.3 cm³/mol. The maximum absolute atomic E-state index is 12.6. The Bertz CT molecular complexity index is 535. The van der Waals surface area contributed by atoms with Crippen molar-refractivity contribution in [3.05, 3.63) is 21.9 Å². The Morgan fingerprint density at radius 2 is 2.05 bits per heavy atom. The van der Waals surface area contributed by atoms with Gasteiger partial charge in [-0.2, -0.15) is 0 Å². The summed E-state index contributed by atoms with van der Waals surface area (Å²) in [6.45, 7) is 0. The molecule has 2 aliphatic rings. The molecule has 2 aliphatic carbocycles. The topological polar surface area (TPSA) is 76.3 Å². The van der Waals surface area contributed by atoms with E-state index in [1.807, 2.05) is 12.1 Å². The molecule has 6 heteroatoms. The first-order valence-corrected chi connectivity index (χ1v) is 7.37. The van der Waals surface area contributed by atoms with Gasteiger partial charge in [0, 0.05) is 15.8 Å². The van der Waals surface area contributed by atoms with Crippen LogP contribution in [0.15, 0.2) is 18.3 Å². The number of hydrogen-bond donors (Lipinski definition) is 1. The molecule has 0 saturated heterocycles. The van der Waals surface area contributed by atoms with Crippen molar-refractivity contribution >= 4 is 40.2 Å². The predicted octanol–water partition coefficient (Wildman–Crippen LogP) is 1.45. The van der Waals surface area contributed by atoms with Crippen LogP contribution in [0.2, 0.25) is 0 Å². The van der Waals surface area contributed by atoms with E-state index in [0.717, 1.165) is 16.4 Å². The highest BCUT2D eigenvalue weighted by molar-refractivity contribution is 14.1. The Morgan fingerprint density at radius 3 is 2.47 bits per heavy atom. The summed E-state index contributed by atoms with van der Waals surface area (Å²) >= 11 is 2.17. The Morgan fingerprint density at radius 1 is 1.37 bits per heavy atom. The van der Waals surface area contributed by atoms with Gasteiger partial charge < -0.3 is 5.73 Å². The Labute approximate surface area is 124 Å². The van der Waals surface area contributed by atoms with Crippen LogP contribution in [0.1, 0.15) is 25.7 Å². The first-order chi connectivity index (χ1) is 9.04. The molecule has 1 heterocycles. The van der Waals surface area contributed by atoms with Crippen LogP contribution in [0.5, 0.6) is 0 Å². The number of amides is 2. The van der Waals surface area contributed by atoms with Gasteiger partial charge in [0.2, 0.25) is 11.8 Å². The van der Waals surface area contributed by atoms with E-state index in [-0.39, 0.29) is 11.9 Å². The van der Waals surface area contributed by atoms with E-state index < -0.39 is 11.3 Å². The molecule has 0 bridgehead atoms. The Balaban J connectivity index is 1.92. The van der Waals surface area contributed by atoms with Crippen LogP contribution in [0.25, 0.3) is 0 Å². The molecular weight excluding hydrogens is 357 g/mol. The maximum Gasteiger partial charge on any atom is 0.244 e. The largest absolute Gasteiger partial charge is 0.369 e. The summed E-state index contributed by atoms with van der Waals surface area (Å²) in [5.41, 5.74) is 4.42. The molecule has 1 aromatic heterocycles. The molecular formula is C13H14IN3O2. The molecule has 0 atom stereocenters. The number of anilines is 1. The Hall–Kier alpha value is -1.18. The number of carbonyl (C=O) groups excluding carboxylic acids is 2. The highest BCUT2D eigenvalue weighted by atomic mass is 127. The van der Waals surface area contributed by atoms with Gasteiger partial charge in [-0.05, 0) is 60.4 Å². The molecule has 3 rings (SSSR count). The highest BCUT2D eigenvalue weighted by Gasteiger charge is 2.58. The normalized spacial score (nSPS) is 19.8. The molecule has 0 aliphatic heterocycles. The number of pyridine rings is 1. The van der Waals surface area contributed by atoms with Gasteiger partial charge in [-0.3, -0.25) is 14.5 Å². The third kappa shape index (κ3) is 2.22. The summed E-state index contributed by atoms with van der Waals surface area (Å²) < 4.78 is 1.01. The van der Waals surface area contributed by atoms with Gasteiger partial charge >= 0.3 is 0 Å². The smallest absolute Gasteiger partial charge is 0.244 e. The van der Waals surface area contributed by atoms with Crippen molar-refractivity contribution in [1.82, 2.24) is 4.98 Å². The summed E-state index contributed by atoms with van der Waals surface area (Å²) in [6.07, 6.45) is 4.79. The standard InChI is InChI=1S/C13H14IN3O2/c14-8-1-4-10(16-7-8)17(9-2-3-9)12(19)13(5-6-13)11(15)18/h1,4,7,9H,2-3,5-6H2,(H2,15,18). The maximum atomic E-state index is 12.6. The van der Waals surface area contributed by atoms with E-state index >= 15 is 0 Å². The molecule has 0 unspecified atom stereocenters. The summed E-state index contributed by atoms with van der Waals surface area (Å²) in [4.78, 5) is 30.1. The van der Waals surface area contributed by atoms with E-state index in [0.29, 0.717) is 18.7 Å². The summed E-state index contributed by atoms with van der Waals surface area (Å²) in [6, 6.07) is 3.92. The zero-order valence-corrected chi connectivity index (χ0v) is 12.5. The molecule has 5 nitrogen and oxygen atoms in total. The quantitative estimate of drug-likeness (QED) is 0.643. The molecule has 19 heavy (non-hydrogen) atoms. The third-order valence-corrected chi connectivity index (χ3v) is 4.36. The minimum absolute atomic E-state index is 0.170. The fourth-order valence-corrected chi connectivity index (χ4v) is 2.54. The van der Waals surface area contributed by atoms with Crippen LogP contribution in [-0.4, -0.2) is 22.8 Å². The first-order valence-electron chi connectivity index (χ1n) is 6.30. The van der Waals surface area contributed by atoms with Crippen LogP contribution in [0.3, 0.4) is 0 Å². The van der Waals surface area contributed by atoms with Crippen molar-refractivity contribution in [2.45, 2.75) is 31.7 Å². The lowest BCUT2D eigenvalue weighted by Crippen LogP contribution is -2.45. The minimum Gasteiger partial charge on any atom is -0.369 e. The summed E-state index contributed by atoms with van der Waals surface area (Å²) in [5.74, 6) is -0.0506. The van der Waals surface area contributed by atoms with Crippen LogP contribution >= 0.6 is 22.6 Å². The summed E-state index contributed by atoms with van der Waals surface area (Å²) in [7, 11) is 0. The molecule has 2 saturated carbocycles. The van der Waals surface area contributed by atoms with Crippen molar-refractivity contribution in [1.29, 1.82) is 0 Å². The fourth-order valence-electron chi connectivity index (χ4n) is 2.22. The monoisotopic (exact) mass is 371 g/mol. The second-order valence-corrected chi connectivity index (χ2v) is 6.43. The lowest BCUT2D eigenvalue weighted by atomic mass is 10.0. The molecule has 2 N–H and O–H groups in total. The molecule has 0 radical (unpaired) electrons. The molecule has 100 valence electrons. The van der Waals surface area contributed by atoms with E-state index in [4.69, 9.17) is 5.73 Å². The lowest BCUT2D eigenvalue weighted by Gasteiger charge is -2.25. The minimum atomic E-state index is -0.965. The van der Waals surface area contributed by atoms with Gasteiger partial charge in [-0.25, -0.2) is 4.98 Å². The average Bonchev–Trinajstić information content (AvgIpc) is 3.26. The van der Waals surface area contributed by atoms with Crippen molar-refractivity contribution in [2.24, 2.45) is 11.1 Å². The van der Waals surface area contributed by atoms with Crippen molar-refractivity contribution in [2.75, 3.05) is 4.90 Å². The third-order valence-electron chi connectivity index (χ3n) is 3.72. The lowest BCUT2D eigenvalue weighted by molar-refractivity contribution is -0.133. The molecule has 1 aromatic rings. The first kappa shape index (κ1) is 12.8. The fraction of sp³-hybridized carbons (Fsp3) is 0.462. The number of halogens is 1. The second-order valence-electron chi connectivity index (χ2n) is 5.19. The number of nitrogens with zero attached hydrogens (tertiary/aromatic N) is 2. The van der Waals surface area contributed by atoms with Crippen LogP contribution < -0.4 is 10.6 Å². The number of primary amides is 1. The van der Waals surface area contributed by atoms with Crippen molar-refractivity contribution in [3.63, 3.8) is 0 Å². The van der Waals surface area contributed by atoms with Gasteiger partial charge in [-0.1, -0.05) is 0 Å². The number of rotatable bonds is 4. The van der Waals surface area contributed by atoms with Crippen molar-refractivity contribution < 1.29 is 9.59 Å². The molecule has 2 fully saturated rings. The van der Waals surface area contributed by atoms with Gasteiger partial charge in [0.05, 0.1) is 0 Å². The van der Waals surface area contributed by atoms with Crippen molar-refractivity contribution in [3.8, 4) is 0 Å². The molecule has 0 aromatic carbocycles. The van der Waals surface area contributed by atoms with E-state index in [1.165, 1.54) is 0 Å². The molecule has 2 amide bonds. The van der Waals surface area contributed by atoms with Gasteiger partial charge in [0.25, 0.3) is 0 Å². The van der Waals surface area contributed by atoms with Crippen LogP contribution in [-0.2, 0) is 9.59 Å². The number of nitrogens with two attached hydrogens (primary N) is 1. The number of hydrogen-bond acceptors (Lipinski definition) is 3.